The first kappa shape index (κ1) is 9.30. The van der Waals surface area contributed by atoms with Gasteiger partial charge in [-0.15, -0.1) is 0 Å². The Bertz CT molecular complexity index is 8.00. The third-order valence-corrected chi connectivity index (χ3v) is 0.289. The van der Waals surface area contributed by atoms with Gasteiger partial charge in [-0.1, -0.05) is 6.92 Å². The van der Waals surface area contributed by atoms with Crippen LogP contribution in [0.3, 0.4) is 0 Å². The lowest BCUT2D eigenvalue weighted by Crippen LogP contribution is -2.02. The van der Waals surface area contributed by atoms with E-state index in [0.717, 1.165) is 13.0 Å². The molecule has 3 heteroatoms. The predicted molar refractivity (Wildman–Crippen MR) is 27.7 cm³/mol. The maximum Gasteiger partial charge on any atom is -0.00799 e. The smallest absolute Gasteiger partial charge is 0.00799 e. The van der Waals surface area contributed by atoms with Crippen molar-refractivity contribution in [3.05, 3.63) is 0 Å². The molecule has 6 heavy (non-hydrogen) atoms. The van der Waals surface area contributed by atoms with Gasteiger partial charge in [0.05, 0.1) is 0 Å². The number of hydrazine groups is 1. The van der Waals surface area contributed by atoms with Gasteiger partial charge in [0.15, 0.2) is 0 Å². The van der Waals surface area contributed by atoms with Crippen LogP contribution in [-0.2, 0) is 0 Å². The van der Waals surface area contributed by atoms with Crippen LogP contribution >= 0.6 is 0 Å². The van der Waals surface area contributed by atoms with Crippen LogP contribution in [0.1, 0.15) is 13.3 Å². The van der Waals surface area contributed by atoms with Gasteiger partial charge in [-0.25, -0.2) is 0 Å². The largest absolute Gasteiger partial charge is 0.330 e. The lowest BCUT2D eigenvalue weighted by molar-refractivity contribution is 0.932. The van der Waals surface area contributed by atoms with Crippen LogP contribution in [0, 0.1) is 0 Å². The Morgan fingerprint density at radius 1 is 1.33 bits per heavy atom. The average molecular weight is 91.2 g/mol. The van der Waals surface area contributed by atoms with E-state index in [1.54, 1.807) is 0 Å². The van der Waals surface area contributed by atoms with E-state index in [2.05, 4.69) is 18.6 Å². The fourth-order valence-corrected chi connectivity index (χ4v) is 0. The van der Waals surface area contributed by atoms with Gasteiger partial charge in [-0.3, -0.25) is 11.7 Å². The Kier molecular flexibility index (Phi) is 32.2. The van der Waals surface area contributed by atoms with E-state index in [9.17, 15) is 0 Å². The Morgan fingerprint density at radius 2 is 1.50 bits per heavy atom. The van der Waals surface area contributed by atoms with Crippen molar-refractivity contribution in [3.63, 3.8) is 0 Å². The minimum Gasteiger partial charge on any atom is -0.330 e. The Labute approximate surface area is 38.5 Å². The topological polar surface area (TPSA) is 78.1 Å². The second-order valence-electron chi connectivity index (χ2n) is 0.789. The molecule has 0 aliphatic rings. The standard InChI is InChI=1S/C3H9N.H4N2/c1-2-3-4;1-2/h2-4H2,1H3;1-2H2. The van der Waals surface area contributed by atoms with E-state index in [1.807, 2.05) is 0 Å². The minimum absolute atomic E-state index is 0.819. The van der Waals surface area contributed by atoms with Crippen molar-refractivity contribution in [2.75, 3.05) is 6.54 Å². The van der Waals surface area contributed by atoms with E-state index in [0.29, 0.717) is 0 Å². The molecule has 40 valence electrons. The van der Waals surface area contributed by atoms with Crippen LogP contribution in [0.2, 0.25) is 0 Å². The lowest BCUT2D eigenvalue weighted by Gasteiger charge is -1.70. The van der Waals surface area contributed by atoms with Gasteiger partial charge < -0.3 is 5.73 Å². The second-order valence-corrected chi connectivity index (χ2v) is 0.789. The zero-order valence-corrected chi connectivity index (χ0v) is 4.15. The highest BCUT2D eigenvalue weighted by atomic mass is 15.0. The molecule has 0 aliphatic carbocycles. The van der Waals surface area contributed by atoms with Gasteiger partial charge >= 0.3 is 0 Å². The number of hydrogen-bond acceptors (Lipinski definition) is 3. The fraction of sp³-hybridized carbons (Fsp3) is 1.00. The van der Waals surface area contributed by atoms with Crippen LogP contribution in [-0.4, -0.2) is 6.54 Å². The summed E-state index contributed by atoms with van der Waals surface area (Å²) in [5, 5.41) is 0. The molecule has 0 rings (SSSR count). The average Bonchev–Trinajstić information content (AvgIpc) is 1.72. The maximum atomic E-state index is 5.03. The molecule has 0 unspecified atom stereocenters. The zero-order chi connectivity index (χ0) is 5.41. The summed E-state index contributed by atoms with van der Waals surface area (Å²) in [6.45, 7) is 2.88. The molecule has 6 N–H and O–H groups in total. The van der Waals surface area contributed by atoms with Crippen molar-refractivity contribution in [3.8, 4) is 0 Å². The van der Waals surface area contributed by atoms with Gasteiger partial charge in [0.2, 0.25) is 0 Å². The van der Waals surface area contributed by atoms with Gasteiger partial charge in [-0.05, 0) is 13.0 Å². The van der Waals surface area contributed by atoms with Crippen LogP contribution in [0.25, 0.3) is 0 Å². The lowest BCUT2D eigenvalue weighted by atomic mass is 10.5. The van der Waals surface area contributed by atoms with Crippen molar-refractivity contribution >= 4 is 0 Å². The maximum absolute atomic E-state index is 5.03. The summed E-state index contributed by atoms with van der Waals surface area (Å²) in [7, 11) is 0. The molecular formula is C3H13N3. The summed E-state index contributed by atoms with van der Waals surface area (Å²) < 4.78 is 0. The molecule has 0 aromatic carbocycles. The number of rotatable bonds is 1. The minimum atomic E-state index is 0.819. The molecule has 0 heterocycles. The molecule has 0 atom stereocenters. The first-order valence-electron chi connectivity index (χ1n) is 1.95. The van der Waals surface area contributed by atoms with Gasteiger partial charge in [0.1, 0.15) is 0 Å². The Balaban J connectivity index is 0. The Morgan fingerprint density at radius 3 is 1.50 bits per heavy atom. The predicted octanol–water partition coefficient (Wildman–Crippen LogP) is -0.826. The third kappa shape index (κ3) is 41.6. The molecule has 0 aromatic rings. The first-order valence-corrected chi connectivity index (χ1v) is 1.95. The highest BCUT2D eigenvalue weighted by Crippen LogP contribution is 1.57. The molecule has 3 nitrogen and oxygen atoms in total. The molecule has 0 saturated heterocycles. The molecule has 0 amide bonds. The molecule has 0 fully saturated rings. The van der Waals surface area contributed by atoms with Crippen LogP contribution in [0.15, 0.2) is 0 Å². The van der Waals surface area contributed by atoms with Gasteiger partial charge in [0, 0.05) is 0 Å². The normalized spacial score (nSPS) is 6.00. The quantitative estimate of drug-likeness (QED) is 0.291. The molecule has 0 aliphatic heterocycles. The summed E-state index contributed by atoms with van der Waals surface area (Å²) in [6.07, 6.45) is 1.10. The molecule has 0 radical (unpaired) electrons. The second kappa shape index (κ2) is 20.8. The number of hydrogen-bond donors (Lipinski definition) is 3. The summed E-state index contributed by atoms with van der Waals surface area (Å²) >= 11 is 0. The summed E-state index contributed by atoms with van der Waals surface area (Å²) in [6, 6.07) is 0. The van der Waals surface area contributed by atoms with Crippen molar-refractivity contribution in [1.29, 1.82) is 0 Å². The summed E-state index contributed by atoms with van der Waals surface area (Å²) in [5.74, 6) is 8.00. The molecule has 0 saturated carbocycles. The van der Waals surface area contributed by atoms with Crippen LogP contribution in [0.5, 0.6) is 0 Å². The molecular weight excluding hydrogens is 78.1 g/mol. The van der Waals surface area contributed by atoms with E-state index in [-0.39, 0.29) is 0 Å². The van der Waals surface area contributed by atoms with E-state index < -0.39 is 0 Å². The third-order valence-electron chi connectivity index (χ3n) is 0.289. The first-order chi connectivity index (χ1) is 2.91. The van der Waals surface area contributed by atoms with Gasteiger partial charge in [0.25, 0.3) is 0 Å². The number of nitrogens with two attached hydrogens (primary N) is 3. The highest BCUT2D eigenvalue weighted by Gasteiger charge is 1.55. The summed E-state index contributed by atoms with van der Waals surface area (Å²) in [4.78, 5) is 0. The fourth-order valence-electron chi connectivity index (χ4n) is 0. The monoisotopic (exact) mass is 91.1 g/mol. The molecule has 0 bridgehead atoms. The van der Waals surface area contributed by atoms with E-state index in [4.69, 9.17) is 5.73 Å². The van der Waals surface area contributed by atoms with Gasteiger partial charge in [-0.2, -0.15) is 0 Å². The molecule has 0 spiro atoms. The van der Waals surface area contributed by atoms with E-state index >= 15 is 0 Å². The van der Waals surface area contributed by atoms with Crippen LogP contribution in [0.4, 0.5) is 0 Å². The summed E-state index contributed by atoms with van der Waals surface area (Å²) in [5.41, 5.74) is 5.03. The zero-order valence-electron chi connectivity index (χ0n) is 4.15. The van der Waals surface area contributed by atoms with Crippen molar-refractivity contribution in [2.24, 2.45) is 17.4 Å². The highest BCUT2D eigenvalue weighted by molar-refractivity contribution is 4.19. The van der Waals surface area contributed by atoms with Crippen molar-refractivity contribution < 1.29 is 0 Å². The van der Waals surface area contributed by atoms with Crippen molar-refractivity contribution in [1.82, 2.24) is 0 Å². The van der Waals surface area contributed by atoms with E-state index in [1.165, 1.54) is 0 Å². The Hall–Kier alpha value is -0.120. The SMILES string of the molecule is CCCN.NN. The molecule has 0 aromatic heterocycles. The van der Waals surface area contributed by atoms with Crippen molar-refractivity contribution in [2.45, 2.75) is 13.3 Å². The van der Waals surface area contributed by atoms with Crippen LogP contribution < -0.4 is 17.4 Å².